The van der Waals surface area contributed by atoms with Crippen LogP contribution in [0.3, 0.4) is 0 Å². The third kappa shape index (κ3) is 6.79. The minimum Gasteiger partial charge on any atom is -0.462 e. The molecule has 0 saturated carbocycles. The van der Waals surface area contributed by atoms with Crippen molar-refractivity contribution in [2.45, 2.75) is 33.6 Å². The lowest BCUT2D eigenvalue weighted by atomic mass is 10.1. The van der Waals surface area contributed by atoms with Gasteiger partial charge < -0.3 is 9.47 Å². The van der Waals surface area contributed by atoms with Crippen molar-refractivity contribution in [3.63, 3.8) is 0 Å². The lowest BCUT2D eigenvalue weighted by Crippen LogP contribution is -2.14. The SMILES string of the molecule is CCCOC(=O)Nc1ccc(C(=O)OCCC(C)C)cc1. The number of benzene rings is 1. The quantitative estimate of drug-likeness (QED) is 0.776. The molecule has 0 fully saturated rings. The minimum atomic E-state index is -0.496. The standard InChI is InChI=1S/C16H23NO4/c1-4-10-21-16(19)17-14-7-5-13(6-8-14)15(18)20-11-9-12(2)3/h5-8,12H,4,9-11H2,1-3H3,(H,17,19). The van der Waals surface area contributed by atoms with Crippen LogP contribution in [0.5, 0.6) is 0 Å². The molecule has 0 aliphatic rings. The maximum absolute atomic E-state index is 11.8. The van der Waals surface area contributed by atoms with E-state index in [0.717, 1.165) is 12.8 Å². The summed E-state index contributed by atoms with van der Waals surface area (Å²) in [5.41, 5.74) is 1.04. The molecule has 0 aliphatic heterocycles. The molecule has 0 atom stereocenters. The highest BCUT2D eigenvalue weighted by atomic mass is 16.5. The van der Waals surface area contributed by atoms with Crippen molar-refractivity contribution in [1.29, 1.82) is 0 Å². The fraction of sp³-hybridized carbons (Fsp3) is 0.500. The Balaban J connectivity index is 2.45. The highest BCUT2D eigenvalue weighted by Crippen LogP contribution is 2.11. The molecule has 5 nitrogen and oxygen atoms in total. The summed E-state index contributed by atoms with van der Waals surface area (Å²) in [6.45, 7) is 6.87. The van der Waals surface area contributed by atoms with Crippen molar-refractivity contribution in [2.75, 3.05) is 18.5 Å². The first-order valence-corrected chi connectivity index (χ1v) is 7.24. The Kier molecular flexibility index (Phi) is 7.29. The number of hydrogen-bond acceptors (Lipinski definition) is 4. The lowest BCUT2D eigenvalue weighted by molar-refractivity contribution is 0.0488. The van der Waals surface area contributed by atoms with Gasteiger partial charge in [0.05, 0.1) is 18.8 Å². The van der Waals surface area contributed by atoms with Crippen molar-refractivity contribution in [1.82, 2.24) is 0 Å². The van der Waals surface area contributed by atoms with Gasteiger partial charge in [-0.2, -0.15) is 0 Å². The number of hydrogen-bond donors (Lipinski definition) is 1. The van der Waals surface area contributed by atoms with E-state index in [4.69, 9.17) is 9.47 Å². The Labute approximate surface area is 125 Å². The summed E-state index contributed by atoms with van der Waals surface area (Å²) >= 11 is 0. The molecule has 1 amide bonds. The van der Waals surface area contributed by atoms with Gasteiger partial charge in [0.15, 0.2) is 0 Å². The van der Waals surface area contributed by atoms with E-state index >= 15 is 0 Å². The van der Waals surface area contributed by atoms with Gasteiger partial charge in [-0.1, -0.05) is 20.8 Å². The molecule has 0 spiro atoms. The average Bonchev–Trinajstić information content (AvgIpc) is 2.45. The molecule has 1 aromatic carbocycles. The first-order chi connectivity index (χ1) is 10.0. The predicted molar refractivity (Wildman–Crippen MR) is 81.4 cm³/mol. The number of nitrogens with one attached hydrogen (secondary N) is 1. The van der Waals surface area contributed by atoms with Gasteiger partial charge in [-0.3, -0.25) is 5.32 Å². The molecule has 1 N–H and O–H groups in total. The molecule has 0 bridgehead atoms. The number of ether oxygens (including phenoxy) is 2. The fourth-order valence-electron chi connectivity index (χ4n) is 1.51. The molecule has 1 rings (SSSR count). The van der Waals surface area contributed by atoms with E-state index in [0.29, 0.717) is 30.4 Å². The van der Waals surface area contributed by atoms with Crippen LogP contribution in [0.1, 0.15) is 44.0 Å². The summed E-state index contributed by atoms with van der Waals surface area (Å²) in [4.78, 5) is 23.1. The Hall–Kier alpha value is -2.04. The minimum absolute atomic E-state index is 0.351. The number of amides is 1. The van der Waals surface area contributed by atoms with Gasteiger partial charge in [-0.05, 0) is 43.0 Å². The Morgan fingerprint density at radius 3 is 2.33 bits per heavy atom. The number of anilines is 1. The highest BCUT2D eigenvalue weighted by Gasteiger charge is 2.08. The van der Waals surface area contributed by atoms with Gasteiger partial charge in [0.25, 0.3) is 0 Å². The summed E-state index contributed by atoms with van der Waals surface area (Å²) in [5.74, 6) is 0.147. The van der Waals surface area contributed by atoms with Crippen LogP contribution < -0.4 is 5.32 Å². The summed E-state index contributed by atoms with van der Waals surface area (Å²) in [6, 6.07) is 6.53. The molecule has 0 aliphatic carbocycles. The van der Waals surface area contributed by atoms with Gasteiger partial charge >= 0.3 is 12.1 Å². The van der Waals surface area contributed by atoms with Crippen molar-refractivity contribution < 1.29 is 19.1 Å². The van der Waals surface area contributed by atoms with Crippen LogP contribution in [-0.2, 0) is 9.47 Å². The monoisotopic (exact) mass is 293 g/mol. The Morgan fingerprint density at radius 1 is 1.10 bits per heavy atom. The van der Waals surface area contributed by atoms with E-state index < -0.39 is 6.09 Å². The second-order valence-corrected chi connectivity index (χ2v) is 5.16. The summed E-state index contributed by atoms with van der Waals surface area (Å²) in [7, 11) is 0. The van der Waals surface area contributed by atoms with Gasteiger partial charge in [-0.15, -0.1) is 0 Å². The normalized spacial score (nSPS) is 10.3. The van der Waals surface area contributed by atoms with E-state index in [2.05, 4.69) is 19.2 Å². The maximum atomic E-state index is 11.8. The zero-order valence-electron chi connectivity index (χ0n) is 12.8. The van der Waals surface area contributed by atoms with Gasteiger partial charge in [-0.25, -0.2) is 9.59 Å². The van der Waals surface area contributed by atoms with E-state index in [1.165, 1.54) is 0 Å². The molecule has 0 aromatic heterocycles. The topological polar surface area (TPSA) is 64.6 Å². The van der Waals surface area contributed by atoms with Crippen LogP contribution >= 0.6 is 0 Å². The van der Waals surface area contributed by atoms with Gasteiger partial charge in [0.1, 0.15) is 0 Å². The van der Waals surface area contributed by atoms with Gasteiger partial charge in [0, 0.05) is 5.69 Å². The molecule has 21 heavy (non-hydrogen) atoms. The van der Waals surface area contributed by atoms with Crippen LogP contribution in [0.15, 0.2) is 24.3 Å². The van der Waals surface area contributed by atoms with E-state index in [1.807, 2.05) is 6.92 Å². The lowest BCUT2D eigenvalue weighted by Gasteiger charge is -2.08. The second kappa shape index (κ2) is 9.00. The highest BCUT2D eigenvalue weighted by molar-refractivity contribution is 5.91. The summed E-state index contributed by atoms with van der Waals surface area (Å²) in [5, 5.41) is 2.59. The zero-order chi connectivity index (χ0) is 15.7. The molecule has 0 heterocycles. The first-order valence-electron chi connectivity index (χ1n) is 7.24. The van der Waals surface area contributed by atoms with E-state index in [-0.39, 0.29) is 5.97 Å². The Morgan fingerprint density at radius 2 is 1.76 bits per heavy atom. The molecule has 1 aromatic rings. The molecule has 0 unspecified atom stereocenters. The molecular formula is C16H23NO4. The molecule has 116 valence electrons. The summed E-state index contributed by atoms with van der Waals surface area (Å²) < 4.78 is 10.1. The summed E-state index contributed by atoms with van der Waals surface area (Å²) in [6.07, 6.45) is 1.12. The number of esters is 1. The second-order valence-electron chi connectivity index (χ2n) is 5.16. The van der Waals surface area contributed by atoms with Crippen molar-refractivity contribution >= 4 is 17.7 Å². The Bertz CT molecular complexity index is 454. The first kappa shape index (κ1) is 17.0. The van der Waals surface area contributed by atoms with Crippen LogP contribution in [0.25, 0.3) is 0 Å². The maximum Gasteiger partial charge on any atom is 0.411 e. The van der Waals surface area contributed by atoms with Crippen LogP contribution in [0.2, 0.25) is 0 Å². The predicted octanol–water partition coefficient (Wildman–Crippen LogP) is 3.85. The van der Waals surface area contributed by atoms with Gasteiger partial charge in [0.2, 0.25) is 0 Å². The third-order valence-corrected chi connectivity index (χ3v) is 2.73. The van der Waals surface area contributed by atoms with Crippen LogP contribution in [0, 0.1) is 5.92 Å². The molecular weight excluding hydrogens is 270 g/mol. The van der Waals surface area contributed by atoms with E-state index in [9.17, 15) is 9.59 Å². The van der Waals surface area contributed by atoms with Crippen LogP contribution in [-0.4, -0.2) is 25.3 Å². The van der Waals surface area contributed by atoms with Crippen molar-refractivity contribution in [3.05, 3.63) is 29.8 Å². The fourth-order valence-corrected chi connectivity index (χ4v) is 1.51. The number of carbonyl (C=O) groups is 2. The van der Waals surface area contributed by atoms with E-state index in [1.54, 1.807) is 24.3 Å². The van der Waals surface area contributed by atoms with Crippen molar-refractivity contribution in [2.24, 2.45) is 5.92 Å². The molecule has 0 radical (unpaired) electrons. The number of carbonyl (C=O) groups excluding carboxylic acids is 2. The zero-order valence-corrected chi connectivity index (χ0v) is 12.8. The van der Waals surface area contributed by atoms with Crippen molar-refractivity contribution in [3.8, 4) is 0 Å². The third-order valence-electron chi connectivity index (χ3n) is 2.73. The smallest absolute Gasteiger partial charge is 0.411 e. The number of rotatable bonds is 7. The average molecular weight is 293 g/mol. The largest absolute Gasteiger partial charge is 0.462 e. The van der Waals surface area contributed by atoms with Crippen LogP contribution in [0.4, 0.5) is 10.5 Å². The molecule has 5 heteroatoms. The molecule has 0 saturated heterocycles.